The van der Waals surface area contributed by atoms with Gasteiger partial charge >= 0.3 is 5.97 Å². The van der Waals surface area contributed by atoms with Crippen LogP contribution < -0.4 is 4.72 Å². The molecular weight excluding hydrogens is 382 g/mol. The van der Waals surface area contributed by atoms with E-state index in [4.69, 9.17) is 0 Å². The minimum atomic E-state index is -1.49. The SMILES string of the molecule is Cc1ccc([S+]([O-])NC(CC(=O)O)c2ccc(Cc3ccccc3C)cc2)cc1. The fourth-order valence-corrected chi connectivity index (χ4v) is 4.15. The number of aliphatic carboxylic acids is 1. The molecule has 0 heterocycles. The smallest absolute Gasteiger partial charge is 0.305 e. The van der Waals surface area contributed by atoms with Crippen molar-refractivity contribution in [3.05, 3.63) is 101 Å². The van der Waals surface area contributed by atoms with Crippen LogP contribution in [0.2, 0.25) is 0 Å². The maximum atomic E-state index is 12.7. The van der Waals surface area contributed by atoms with Crippen molar-refractivity contribution in [1.29, 1.82) is 0 Å². The Hall–Kier alpha value is -2.60. The largest absolute Gasteiger partial charge is 0.593 e. The van der Waals surface area contributed by atoms with Gasteiger partial charge in [0.1, 0.15) is 0 Å². The van der Waals surface area contributed by atoms with Crippen molar-refractivity contribution in [3.63, 3.8) is 0 Å². The van der Waals surface area contributed by atoms with Crippen LogP contribution in [0, 0.1) is 13.8 Å². The molecular formula is C24H25NO3S. The lowest BCUT2D eigenvalue weighted by molar-refractivity contribution is -0.137. The van der Waals surface area contributed by atoms with Crippen molar-refractivity contribution in [2.24, 2.45) is 0 Å². The molecule has 2 N–H and O–H groups in total. The lowest BCUT2D eigenvalue weighted by Crippen LogP contribution is -2.30. The van der Waals surface area contributed by atoms with Crippen LogP contribution in [0.25, 0.3) is 0 Å². The Balaban J connectivity index is 1.75. The van der Waals surface area contributed by atoms with Crippen LogP contribution in [0.4, 0.5) is 0 Å². The molecule has 2 unspecified atom stereocenters. The van der Waals surface area contributed by atoms with Crippen molar-refractivity contribution in [2.75, 3.05) is 0 Å². The monoisotopic (exact) mass is 407 g/mol. The zero-order valence-corrected chi connectivity index (χ0v) is 17.4. The number of benzene rings is 3. The third-order valence-corrected chi connectivity index (χ3v) is 6.10. The summed E-state index contributed by atoms with van der Waals surface area (Å²) in [6.07, 6.45) is 0.675. The number of carbonyl (C=O) groups is 1. The van der Waals surface area contributed by atoms with Crippen LogP contribution in [-0.4, -0.2) is 15.6 Å². The molecule has 0 spiro atoms. The molecule has 3 aromatic rings. The highest BCUT2D eigenvalue weighted by Gasteiger charge is 2.23. The Morgan fingerprint density at radius 1 is 1.00 bits per heavy atom. The molecule has 5 heteroatoms. The number of rotatable bonds is 8. The fraction of sp³-hybridized carbons (Fsp3) is 0.208. The van der Waals surface area contributed by atoms with Gasteiger partial charge in [-0.05, 0) is 54.7 Å². The van der Waals surface area contributed by atoms with Gasteiger partial charge in [-0.3, -0.25) is 4.79 Å². The van der Waals surface area contributed by atoms with Gasteiger partial charge in [0.2, 0.25) is 0 Å². The van der Waals surface area contributed by atoms with Crippen LogP contribution in [0.3, 0.4) is 0 Å². The Morgan fingerprint density at radius 3 is 2.28 bits per heavy atom. The molecule has 0 aromatic heterocycles. The average molecular weight is 408 g/mol. The van der Waals surface area contributed by atoms with E-state index in [0.717, 1.165) is 23.1 Å². The molecule has 0 aliphatic heterocycles. The zero-order chi connectivity index (χ0) is 20.8. The van der Waals surface area contributed by atoms with E-state index in [9.17, 15) is 14.5 Å². The Labute approximate surface area is 174 Å². The number of hydrogen-bond donors (Lipinski definition) is 2. The lowest BCUT2D eigenvalue weighted by atomic mass is 9.98. The molecule has 0 radical (unpaired) electrons. The van der Waals surface area contributed by atoms with Crippen molar-refractivity contribution in [3.8, 4) is 0 Å². The molecule has 0 aliphatic carbocycles. The second-order valence-corrected chi connectivity index (χ2v) is 8.44. The number of carboxylic acid groups (broad SMARTS) is 1. The van der Waals surface area contributed by atoms with Crippen molar-refractivity contribution in [1.82, 2.24) is 4.72 Å². The third kappa shape index (κ3) is 5.94. The van der Waals surface area contributed by atoms with E-state index < -0.39 is 23.4 Å². The summed E-state index contributed by atoms with van der Waals surface area (Å²) >= 11 is -1.49. The van der Waals surface area contributed by atoms with Gasteiger partial charge in [-0.15, -0.1) is 4.72 Å². The van der Waals surface area contributed by atoms with Crippen LogP contribution in [-0.2, 0) is 22.6 Å². The summed E-state index contributed by atoms with van der Waals surface area (Å²) in [6, 6.07) is 22.9. The number of hydrogen-bond acceptors (Lipinski definition) is 3. The molecule has 3 rings (SSSR count). The standard InChI is InChI=1S/C24H25NO3S/c1-17-7-13-22(14-8-17)29(28)25-23(16-24(26)27)20-11-9-19(10-12-20)15-21-6-4-3-5-18(21)2/h3-14,23,25H,15-16H2,1-2H3,(H,26,27). The summed E-state index contributed by atoms with van der Waals surface area (Å²) in [5.41, 5.74) is 5.55. The van der Waals surface area contributed by atoms with E-state index in [1.165, 1.54) is 11.1 Å². The van der Waals surface area contributed by atoms with E-state index in [1.807, 2.05) is 55.5 Å². The molecule has 0 saturated carbocycles. The Morgan fingerprint density at radius 2 is 1.66 bits per heavy atom. The fourth-order valence-electron chi connectivity index (χ4n) is 3.16. The maximum Gasteiger partial charge on any atom is 0.305 e. The minimum Gasteiger partial charge on any atom is -0.593 e. The highest BCUT2D eigenvalue weighted by atomic mass is 32.2. The highest BCUT2D eigenvalue weighted by Crippen LogP contribution is 2.23. The van der Waals surface area contributed by atoms with Gasteiger partial charge in [-0.25, -0.2) is 0 Å². The van der Waals surface area contributed by atoms with Crippen LogP contribution in [0.1, 0.15) is 40.3 Å². The summed E-state index contributed by atoms with van der Waals surface area (Å²) in [5.74, 6) is -0.938. The number of aryl methyl sites for hydroxylation is 2. The summed E-state index contributed by atoms with van der Waals surface area (Å²) in [4.78, 5) is 12.0. The molecule has 0 saturated heterocycles. The van der Waals surface area contributed by atoms with Gasteiger partial charge < -0.3 is 9.66 Å². The summed E-state index contributed by atoms with van der Waals surface area (Å²) in [5, 5.41) is 9.31. The van der Waals surface area contributed by atoms with Crippen molar-refractivity contribution in [2.45, 2.75) is 37.6 Å². The minimum absolute atomic E-state index is 0.144. The zero-order valence-electron chi connectivity index (χ0n) is 16.6. The molecule has 0 amide bonds. The summed E-state index contributed by atoms with van der Waals surface area (Å²) < 4.78 is 15.6. The van der Waals surface area contributed by atoms with E-state index >= 15 is 0 Å². The normalized spacial score (nSPS) is 13.1. The first-order valence-corrected chi connectivity index (χ1v) is 10.7. The second-order valence-electron chi connectivity index (χ2n) is 7.19. The van der Waals surface area contributed by atoms with Gasteiger partial charge in [0, 0.05) is 0 Å². The van der Waals surface area contributed by atoms with Gasteiger partial charge in [0.15, 0.2) is 4.90 Å². The van der Waals surface area contributed by atoms with Gasteiger partial charge in [0.25, 0.3) is 0 Å². The van der Waals surface area contributed by atoms with Crippen LogP contribution >= 0.6 is 0 Å². The number of carboxylic acids is 1. The van der Waals surface area contributed by atoms with Gasteiger partial charge in [-0.2, -0.15) is 0 Å². The van der Waals surface area contributed by atoms with E-state index in [0.29, 0.717) is 4.90 Å². The topological polar surface area (TPSA) is 72.4 Å². The van der Waals surface area contributed by atoms with Crippen molar-refractivity contribution >= 4 is 17.3 Å². The Kier molecular flexibility index (Phi) is 7.09. The Bertz CT molecular complexity index is 955. The molecule has 0 fully saturated rings. The molecule has 150 valence electrons. The predicted molar refractivity (Wildman–Crippen MR) is 116 cm³/mol. The second kappa shape index (κ2) is 9.74. The molecule has 3 aromatic carbocycles. The van der Waals surface area contributed by atoms with Crippen LogP contribution in [0.15, 0.2) is 77.7 Å². The van der Waals surface area contributed by atoms with Gasteiger partial charge in [-0.1, -0.05) is 66.2 Å². The van der Waals surface area contributed by atoms with Crippen molar-refractivity contribution < 1.29 is 14.5 Å². The highest BCUT2D eigenvalue weighted by molar-refractivity contribution is 7.89. The first kappa shape index (κ1) is 21.1. The number of nitrogens with one attached hydrogen (secondary N) is 1. The van der Waals surface area contributed by atoms with E-state index in [1.54, 1.807) is 12.1 Å². The van der Waals surface area contributed by atoms with Gasteiger partial charge in [0.05, 0.1) is 23.8 Å². The molecule has 0 bridgehead atoms. The molecule has 29 heavy (non-hydrogen) atoms. The third-order valence-electron chi connectivity index (χ3n) is 4.90. The first-order chi connectivity index (χ1) is 13.9. The quantitative estimate of drug-likeness (QED) is 0.530. The lowest BCUT2D eigenvalue weighted by Gasteiger charge is -2.19. The van der Waals surface area contributed by atoms with E-state index in [-0.39, 0.29) is 6.42 Å². The summed E-state index contributed by atoms with van der Waals surface area (Å²) in [7, 11) is 0. The van der Waals surface area contributed by atoms with Crippen LogP contribution in [0.5, 0.6) is 0 Å². The first-order valence-electron chi connectivity index (χ1n) is 9.52. The maximum absolute atomic E-state index is 12.7. The van der Waals surface area contributed by atoms with E-state index in [2.05, 4.69) is 23.8 Å². The molecule has 0 aliphatic rings. The molecule has 4 nitrogen and oxygen atoms in total. The average Bonchev–Trinajstić information content (AvgIpc) is 2.70. The summed E-state index contributed by atoms with van der Waals surface area (Å²) in [6.45, 7) is 4.06. The predicted octanol–water partition coefficient (Wildman–Crippen LogP) is 4.72. The molecule has 2 atom stereocenters.